The maximum atomic E-state index is 12.2. The molecule has 5 heteroatoms. The summed E-state index contributed by atoms with van der Waals surface area (Å²) in [6.07, 6.45) is 7.96. The number of hydrogen-bond donors (Lipinski definition) is 3. The molecule has 1 unspecified atom stereocenters. The zero-order valence-corrected chi connectivity index (χ0v) is 16.4. The highest BCUT2D eigenvalue weighted by molar-refractivity contribution is 5.84. The summed E-state index contributed by atoms with van der Waals surface area (Å²) in [5.74, 6) is -1.12. The third kappa shape index (κ3) is 7.56. The van der Waals surface area contributed by atoms with Gasteiger partial charge in [0.2, 0.25) is 0 Å². The number of benzene rings is 1. The predicted octanol–water partition coefficient (Wildman–Crippen LogP) is 3.53. The molecular formula is C23H32O5. The number of Topliss-reactive ketones (excluding diaryl/α,β-unsaturated/α-hetero) is 1. The van der Waals surface area contributed by atoms with Crippen LogP contribution in [0.15, 0.2) is 42.5 Å². The van der Waals surface area contributed by atoms with E-state index in [1.807, 2.05) is 36.4 Å². The summed E-state index contributed by atoms with van der Waals surface area (Å²) in [5.41, 5.74) is 1.17. The minimum absolute atomic E-state index is 0.0893. The summed E-state index contributed by atoms with van der Waals surface area (Å²) < 4.78 is 0. The van der Waals surface area contributed by atoms with Gasteiger partial charge in [0.25, 0.3) is 0 Å². The van der Waals surface area contributed by atoms with Crippen LogP contribution in [0.4, 0.5) is 0 Å². The number of aliphatic carboxylic acids is 1. The van der Waals surface area contributed by atoms with Crippen molar-refractivity contribution in [2.45, 2.75) is 70.0 Å². The number of hydrogen-bond acceptors (Lipinski definition) is 4. The smallest absolute Gasteiger partial charge is 0.303 e. The molecule has 3 N–H and O–H groups in total. The molecule has 154 valence electrons. The molecule has 0 radical (unpaired) electrons. The molecule has 0 saturated heterocycles. The van der Waals surface area contributed by atoms with Crippen LogP contribution in [0.1, 0.15) is 56.9 Å². The Morgan fingerprint density at radius 3 is 2.57 bits per heavy atom. The quantitative estimate of drug-likeness (QED) is 0.376. The number of aliphatic hydroxyl groups is 2. The normalized spacial score (nSPS) is 23.4. The van der Waals surface area contributed by atoms with E-state index < -0.39 is 18.2 Å². The van der Waals surface area contributed by atoms with Gasteiger partial charge in [-0.25, -0.2) is 0 Å². The van der Waals surface area contributed by atoms with E-state index in [9.17, 15) is 19.8 Å². The zero-order valence-electron chi connectivity index (χ0n) is 16.4. The largest absolute Gasteiger partial charge is 0.481 e. The fraction of sp³-hybridized carbons (Fsp3) is 0.565. The van der Waals surface area contributed by atoms with Gasteiger partial charge in [-0.2, -0.15) is 0 Å². The first-order valence-electron chi connectivity index (χ1n) is 10.3. The molecule has 0 aromatic heterocycles. The van der Waals surface area contributed by atoms with Crippen LogP contribution in [0, 0.1) is 11.8 Å². The third-order valence-corrected chi connectivity index (χ3v) is 5.52. The third-order valence-electron chi connectivity index (χ3n) is 5.52. The average Bonchev–Trinajstić information content (AvgIpc) is 2.94. The molecule has 1 saturated carbocycles. The van der Waals surface area contributed by atoms with Crippen molar-refractivity contribution in [1.29, 1.82) is 0 Å². The van der Waals surface area contributed by atoms with Crippen LogP contribution in [0.25, 0.3) is 0 Å². The van der Waals surface area contributed by atoms with E-state index in [0.29, 0.717) is 19.3 Å². The fourth-order valence-electron chi connectivity index (χ4n) is 3.90. The molecule has 1 aromatic rings. The number of carboxylic acid groups (broad SMARTS) is 1. The van der Waals surface area contributed by atoms with Crippen LogP contribution < -0.4 is 0 Å². The number of carbonyl (C=O) groups is 2. The van der Waals surface area contributed by atoms with E-state index in [0.717, 1.165) is 25.7 Å². The molecule has 4 atom stereocenters. The first-order chi connectivity index (χ1) is 13.5. The van der Waals surface area contributed by atoms with Crippen LogP contribution in [0.2, 0.25) is 0 Å². The molecule has 0 spiro atoms. The summed E-state index contributed by atoms with van der Waals surface area (Å²) in [5, 5.41) is 29.1. The minimum atomic E-state index is -0.773. The highest BCUT2D eigenvalue weighted by Crippen LogP contribution is 2.34. The molecule has 28 heavy (non-hydrogen) atoms. The van der Waals surface area contributed by atoms with Crippen molar-refractivity contribution in [1.82, 2.24) is 0 Å². The Morgan fingerprint density at radius 2 is 1.86 bits per heavy atom. The minimum Gasteiger partial charge on any atom is -0.481 e. The molecule has 1 aromatic carbocycles. The second-order valence-corrected chi connectivity index (χ2v) is 7.74. The fourth-order valence-corrected chi connectivity index (χ4v) is 3.90. The van der Waals surface area contributed by atoms with Gasteiger partial charge in [-0.3, -0.25) is 9.59 Å². The van der Waals surface area contributed by atoms with Crippen LogP contribution in [0.5, 0.6) is 0 Å². The molecule has 2 rings (SSSR count). The van der Waals surface area contributed by atoms with Gasteiger partial charge >= 0.3 is 5.97 Å². The summed E-state index contributed by atoms with van der Waals surface area (Å²) in [6.45, 7) is 0. The Hall–Kier alpha value is -1.98. The number of carbonyl (C=O) groups excluding carboxylic acids is 1. The number of carboxylic acids is 1. The second kappa shape index (κ2) is 11.8. The average molecular weight is 389 g/mol. The number of rotatable bonds is 12. The Kier molecular flexibility index (Phi) is 9.38. The maximum absolute atomic E-state index is 12.2. The Bertz CT molecular complexity index is 640. The van der Waals surface area contributed by atoms with E-state index in [-0.39, 0.29) is 30.5 Å². The molecule has 0 bridgehead atoms. The van der Waals surface area contributed by atoms with E-state index in [2.05, 4.69) is 0 Å². The van der Waals surface area contributed by atoms with Crippen LogP contribution in [0.3, 0.4) is 0 Å². The lowest BCUT2D eigenvalue weighted by Crippen LogP contribution is -2.19. The maximum Gasteiger partial charge on any atom is 0.303 e. The van der Waals surface area contributed by atoms with Crippen LogP contribution in [-0.2, 0) is 16.0 Å². The molecule has 0 aliphatic heterocycles. The highest BCUT2D eigenvalue weighted by Gasteiger charge is 2.39. The van der Waals surface area contributed by atoms with Crippen molar-refractivity contribution >= 4 is 11.8 Å². The molecule has 0 amide bonds. The van der Waals surface area contributed by atoms with Gasteiger partial charge in [-0.05, 0) is 31.2 Å². The lowest BCUT2D eigenvalue weighted by molar-refractivity contribution is -0.137. The van der Waals surface area contributed by atoms with Gasteiger partial charge < -0.3 is 15.3 Å². The Morgan fingerprint density at radius 1 is 1.14 bits per heavy atom. The molecule has 1 aliphatic carbocycles. The van der Waals surface area contributed by atoms with Crippen molar-refractivity contribution < 1.29 is 24.9 Å². The van der Waals surface area contributed by atoms with Crippen molar-refractivity contribution in [3.8, 4) is 0 Å². The van der Waals surface area contributed by atoms with E-state index in [4.69, 9.17) is 5.11 Å². The van der Waals surface area contributed by atoms with Crippen molar-refractivity contribution in [2.24, 2.45) is 11.8 Å². The predicted molar refractivity (Wildman–Crippen MR) is 108 cm³/mol. The highest BCUT2D eigenvalue weighted by atomic mass is 16.4. The zero-order chi connectivity index (χ0) is 20.4. The molecule has 0 heterocycles. The number of ketones is 1. The summed E-state index contributed by atoms with van der Waals surface area (Å²) in [6, 6.07) is 9.98. The number of aliphatic hydroxyl groups excluding tert-OH is 2. The summed E-state index contributed by atoms with van der Waals surface area (Å²) in [4.78, 5) is 22.7. The van der Waals surface area contributed by atoms with Gasteiger partial charge in [-0.1, -0.05) is 61.7 Å². The Balaban J connectivity index is 1.77. The first kappa shape index (κ1) is 22.3. The van der Waals surface area contributed by atoms with Crippen molar-refractivity contribution in [2.75, 3.05) is 0 Å². The van der Waals surface area contributed by atoms with Crippen molar-refractivity contribution in [3.63, 3.8) is 0 Å². The van der Waals surface area contributed by atoms with Crippen LogP contribution >= 0.6 is 0 Å². The summed E-state index contributed by atoms with van der Waals surface area (Å²) in [7, 11) is 0. The Labute approximate surface area is 167 Å². The van der Waals surface area contributed by atoms with Crippen molar-refractivity contribution in [3.05, 3.63) is 48.0 Å². The topological polar surface area (TPSA) is 94.8 Å². The summed E-state index contributed by atoms with van der Waals surface area (Å²) >= 11 is 0. The lowest BCUT2D eigenvalue weighted by Gasteiger charge is -2.18. The van der Waals surface area contributed by atoms with Gasteiger partial charge in [0.15, 0.2) is 0 Å². The molecule has 5 nitrogen and oxygen atoms in total. The SMILES string of the molecule is O=C(O)CCCCCC[C@H]1C(=O)C[C@@H](O)C1/C=C/[C@@H](O)CCc1ccccc1. The van der Waals surface area contributed by atoms with Gasteiger partial charge in [0.05, 0.1) is 12.2 Å². The monoisotopic (exact) mass is 388 g/mol. The van der Waals surface area contributed by atoms with Gasteiger partial charge in [-0.15, -0.1) is 0 Å². The van der Waals surface area contributed by atoms with E-state index in [1.54, 1.807) is 6.08 Å². The van der Waals surface area contributed by atoms with E-state index >= 15 is 0 Å². The van der Waals surface area contributed by atoms with E-state index in [1.165, 1.54) is 5.56 Å². The molecule has 1 aliphatic rings. The second-order valence-electron chi connectivity index (χ2n) is 7.74. The lowest BCUT2D eigenvalue weighted by atomic mass is 9.88. The van der Waals surface area contributed by atoms with Gasteiger partial charge in [0, 0.05) is 24.7 Å². The number of unbranched alkanes of at least 4 members (excludes halogenated alkanes) is 3. The van der Waals surface area contributed by atoms with Crippen LogP contribution in [-0.4, -0.2) is 39.3 Å². The standard InChI is InChI=1S/C23H32O5/c24-18(13-12-17-8-4-3-5-9-17)14-15-20-19(21(25)16-22(20)26)10-6-1-2-7-11-23(27)28/h3-5,8-9,14-15,18-20,22,24,26H,1-2,6-7,10-13,16H2,(H,27,28)/b15-14+/t18-,19+,20?,22+/m0/s1. The van der Waals surface area contributed by atoms with Gasteiger partial charge in [0.1, 0.15) is 5.78 Å². The molecular weight excluding hydrogens is 356 g/mol. The first-order valence-corrected chi connectivity index (χ1v) is 10.3. The molecule has 1 fully saturated rings. The number of aryl methyl sites for hydroxylation is 1.